The summed E-state index contributed by atoms with van der Waals surface area (Å²) in [7, 11) is 0. The molecule has 1 N–H and O–H groups in total. The van der Waals surface area contributed by atoms with Gasteiger partial charge in [0.25, 0.3) is 0 Å². The van der Waals surface area contributed by atoms with Gasteiger partial charge in [0.1, 0.15) is 11.3 Å². The van der Waals surface area contributed by atoms with Crippen LogP contribution in [0.4, 0.5) is 23.7 Å². The molecule has 1 amide bonds. The van der Waals surface area contributed by atoms with Crippen molar-refractivity contribution in [2.24, 2.45) is 0 Å². The quantitative estimate of drug-likeness (QED) is 0.579. The number of aromatic nitrogens is 2. The van der Waals surface area contributed by atoms with Crippen molar-refractivity contribution in [1.82, 2.24) is 9.97 Å². The van der Waals surface area contributed by atoms with Crippen LogP contribution in [-0.2, 0) is 10.9 Å². The summed E-state index contributed by atoms with van der Waals surface area (Å²) in [5, 5.41) is 2.56. The second-order valence-electron chi connectivity index (χ2n) is 6.33. The summed E-state index contributed by atoms with van der Waals surface area (Å²) in [6.45, 7) is 5.19. The van der Waals surface area contributed by atoms with Gasteiger partial charge < -0.3 is 4.74 Å². The average Bonchev–Trinajstić information content (AvgIpc) is 2.52. The Morgan fingerprint density at radius 2 is 1.85 bits per heavy atom. The molecule has 140 valence electrons. The van der Waals surface area contributed by atoms with Crippen LogP contribution in [0.2, 0.25) is 0 Å². The van der Waals surface area contributed by atoms with E-state index in [0.717, 1.165) is 17.8 Å². The normalized spacial score (nSPS) is 12.0. The lowest BCUT2D eigenvalue weighted by Crippen LogP contribution is -2.27. The standard InChI is InChI=1S/C17H18F3N3O2S/c1-16(2,3)25-15(24)21-11-7-5-6-10(8-11)12-9-13(17(18,19)20)23-14(22-12)26-4/h5-9H,1-4H3,(H,21,24). The number of ether oxygens (including phenoxy) is 1. The molecule has 0 saturated carbocycles. The molecular weight excluding hydrogens is 367 g/mol. The van der Waals surface area contributed by atoms with Gasteiger partial charge in [0.05, 0.1) is 5.69 Å². The monoisotopic (exact) mass is 385 g/mol. The van der Waals surface area contributed by atoms with Crippen molar-refractivity contribution < 1.29 is 22.7 Å². The van der Waals surface area contributed by atoms with E-state index < -0.39 is 23.6 Å². The molecule has 2 rings (SSSR count). The summed E-state index contributed by atoms with van der Waals surface area (Å²) >= 11 is 1.02. The van der Waals surface area contributed by atoms with Gasteiger partial charge in [-0.1, -0.05) is 23.9 Å². The Morgan fingerprint density at radius 1 is 1.15 bits per heavy atom. The fraction of sp³-hybridized carbons (Fsp3) is 0.353. The van der Waals surface area contributed by atoms with E-state index in [-0.39, 0.29) is 10.9 Å². The van der Waals surface area contributed by atoms with Gasteiger partial charge in [-0.2, -0.15) is 13.2 Å². The highest BCUT2D eigenvalue weighted by molar-refractivity contribution is 7.98. The molecule has 0 aliphatic rings. The van der Waals surface area contributed by atoms with Crippen molar-refractivity contribution in [3.05, 3.63) is 36.0 Å². The number of hydrogen-bond acceptors (Lipinski definition) is 5. The van der Waals surface area contributed by atoms with E-state index in [1.165, 1.54) is 6.07 Å². The smallest absolute Gasteiger partial charge is 0.433 e. The van der Waals surface area contributed by atoms with E-state index in [9.17, 15) is 18.0 Å². The number of carbonyl (C=O) groups excluding carboxylic acids is 1. The molecule has 0 fully saturated rings. The van der Waals surface area contributed by atoms with Crippen LogP contribution < -0.4 is 5.32 Å². The second kappa shape index (κ2) is 7.53. The summed E-state index contributed by atoms with van der Waals surface area (Å²) in [4.78, 5) is 19.5. The molecule has 5 nitrogen and oxygen atoms in total. The largest absolute Gasteiger partial charge is 0.444 e. The Labute approximate surface area is 153 Å². The Hall–Kier alpha value is -2.29. The second-order valence-corrected chi connectivity index (χ2v) is 7.10. The number of rotatable bonds is 3. The van der Waals surface area contributed by atoms with Crippen LogP contribution >= 0.6 is 11.8 Å². The zero-order valence-electron chi connectivity index (χ0n) is 14.6. The van der Waals surface area contributed by atoms with Gasteiger partial charge in [-0.3, -0.25) is 5.32 Å². The van der Waals surface area contributed by atoms with Crippen LogP contribution in [0.25, 0.3) is 11.3 Å². The Morgan fingerprint density at radius 3 is 2.42 bits per heavy atom. The number of amides is 1. The molecule has 0 aliphatic heterocycles. The molecule has 0 bridgehead atoms. The van der Waals surface area contributed by atoms with Gasteiger partial charge in [0.2, 0.25) is 0 Å². The SMILES string of the molecule is CSc1nc(-c2cccc(NC(=O)OC(C)(C)C)c2)cc(C(F)(F)F)n1. The molecule has 0 radical (unpaired) electrons. The third kappa shape index (κ3) is 5.62. The summed E-state index contributed by atoms with van der Waals surface area (Å²) in [6.07, 6.45) is -3.63. The number of alkyl halides is 3. The maximum absolute atomic E-state index is 13.0. The maximum atomic E-state index is 13.0. The highest BCUT2D eigenvalue weighted by Crippen LogP contribution is 2.32. The Balaban J connectivity index is 2.34. The van der Waals surface area contributed by atoms with Crippen molar-refractivity contribution in [2.75, 3.05) is 11.6 Å². The van der Waals surface area contributed by atoms with Crippen LogP contribution in [0.5, 0.6) is 0 Å². The van der Waals surface area contributed by atoms with E-state index in [1.54, 1.807) is 45.2 Å². The number of halogens is 3. The summed E-state index contributed by atoms with van der Waals surface area (Å²) in [5.41, 5.74) is -0.762. The van der Waals surface area contributed by atoms with Crippen LogP contribution in [0, 0.1) is 0 Å². The molecule has 9 heteroatoms. The number of carbonyl (C=O) groups is 1. The first-order valence-electron chi connectivity index (χ1n) is 7.58. The van der Waals surface area contributed by atoms with Gasteiger partial charge in [-0.05, 0) is 45.2 Å². The first-order chi connectivity index (χ1) is 12.0. The van der Waals surface area contributed by atoms with Gasteiger partial charge in [-0.15, -0.1) is 0 Å². The number of nitrogens with zero attached hydrogens (tertiary/aromatic N) is 2. The van der Waals surface area contributed by atoms with Crippen molar-refractivity contribution >= 4 is 23.5 Å². The fourth-order valence-electron chi connectivity index (χ4n) is 1.99. The predicted octanol–water partition coefficient (Wildman–Crippen LogP) is 5.23. The average molecular weight is 385 g/mol. The lowest BCUT2D eigenvalue weighted by Gasteiger charge is -2.19. The van der Waals surface area contributed by atoms with Gasteiger partial charge in [-0.25, -0.2) is 14.8 Å². The minimum atomic E-state index is -4.57. The summed E-state index contributed by atoms with van der Waals surface area (Å²) in [5.74, 6) is 0. The third-order valence-corrected chi connectivity index (χ3v) is 3.53. The molecular formula is C17H18F3N3O2S. The zero-order valence-corrected chi connectivity index (χ0v) is 15.5. The third-order valence-electron chi connectivity index (χ3n) is 2.98. The topological polar surface area (TPSA) is 64.1 Å². The molecule has 0 spiro atoms. The van der Waals surface area contributed by atoms with Crippen LogP contribution in [0.15, 0.2) is 35.5 Å². The number of hydrogen-bond donors (Lipinski definition) is 1. The maximum Gasteiger partial charge on any atom is 0.433 e. The highest BCUT2D eigenvalue weighted by atomic mass is 32.2. The van der Waals surface area contributed by atoms with Crippen molar-refractivity contribution in [2.45, 2.75) is 37.7 Å². The minimum Gasteiger partial charge on any atom is -0.444 e. The lowest BCUT2D eigenvalue weighted by atomic mass is 10.1. The molecule has 2 aromatic rings. The van der Waals surface area contributed by atoms with E-state index >= 15 is 0 Å². The number of thioether (sulfide) groups is 1. The Kier molecular flexibility index (Phi) is 5.80. The first kappa shape index (κ1) is 20.0. The molecule has 0 saturated heterocycles. The zero-order chi connectivity index (χ0) is 19.5. The summed E-state index contributed by atoms with van der Waals surface area (Å²) in [6, 6.07) is 7.22. The predicted molar refractivity (Wildman–Crippen MR) is 94.1 cm³/mol. The van der Waals surface area contributed by atoms with Gasteiger partial charge in [0, 0.05) is 11.3 Å². The highest BCUT2D eigenvalue weighted by Gasteiger charge is 2.33. The lowest BCUT2D eigenvalue weighted by molar-refractivity contribution is -0.141. The molecule has 0 unspecified atom stereocenters. The van der Waals surface area contributed by atoms with E-state index in [2.05, 4.69) is 15.3 Å². The Bertz CT molecular complexity index is 805. The van der Waals surface area contributed by atoms with Crippen molar-refractivity contribution in [1.29, 1.82) is 0 Å². The molecule has 1 aromatic carbocycles. The molecule has 1 heterocycles. The molecule has 1 aromatic heterocycles. The van der Waals surface area contributed by atoms with E-state index in [1.807, 2.05) is 0 Å². The number of benzene rings is 1. The van der Waals surface area contributed by atoms with Crippen molar-refractivity contribution in [3.8, 4) is 11.3 Å². The van der Waals surface area contributed by atoms with Crippen LogP contribution in [-0.4, -0.2) is 27.9 Å². The fourth-order valence-corrected chi connectivity index (χ4v) is 2.37. The van der Waals surface area contributed by atoms with E-state index in [4.69, 9.17) is 4.74 Å². The molecule has 0 atom stereocenters. The number of nitrogens with one attached hydrogen (secondary N) is 1. The van der Waals surface area contributed by atoms with Crippen molar-refractivity contribution in [3.63, 3.8) is 0 Å². The summed E-state index contributed by atoms with van der Waals surface area (Å²) < 4.78 is 44.3. The first-order valence-corrected chi connectivity index (χ1v) is 8.81. The molecule has 26 heavy (non-hydrogen) atoms. The molecule has 0 aliphatic carbocycles. The van der Waals surface area contributed by atoms with Crippen LogP contribution in [0.1, 0.15) is 26.5 Å². The van der Waals surface area contributed by atoms with Gasteiger partial charge in [0.15, 0.2) is 5.16 Å². The van der Waals surface area contributed by atoms with E-state index in [0.29, 0.717) is 11.3 Å². The minimum absolute atomic E-state index is 0.0142. The number of anilines is 1. The van der Waals surface area contributed by atoms with Gasteiger partial charge >= 0.3 is 12.3 Å². The van der Waals surface area contributed by atoms with Crippen LogP contribution in [0.3, 0.4) is 0 Å².